The van der Waals surface area contributed by atoms with Crippen LogP contribution < -0.4 is 0 Å². The van der Waals surface area contributed by atoms with Gasteiger partial charge < -0.3 is 14.2 Å². The van der Waals surface area contributed by atoms with Gasteiger partial charge in [-0.1, -0.05) is 24.6 Å². The lowest BCUT2D eigenvalue weighted by Crippen LogP contribution is -2.63. The van der Waals surface area contributed by atoms with E-state index < -0.39 is 17.7 Å². The minimum absolute atomic E-state index is 0.146. The normalized spacial score (nSPS) is 38.1. The van der Waals surface area contributed by atoms with Crippen LogP contribution in [0.25, 0.3) is 0 Å². The number of hydrogen-bond donors (Lipinski definition) is 0. The lowest BCUT2D eigenvalue weighted by molar-refractivity contribution is -0.554. The molecule has 1 spiro atoms. The van der Waals surface area contributed by atoms with Gasteiger partial charge in [0.1, 0.15) is 0 Å². The summed E-state index contributed by atoms with van der Waals surface area (Å²) in [6.07, 6.45) is 5.16. The van der Waals surface area contributed by atoms with E-state index in [0.717, 1.165) is 32.1 Å². The van der Waals surface area contributed by atoms with Gasteiger partial charge in [0.15, 0.2) is 11.9 Å². The molecule has 1 saturated carbocycles. The summed E-state index contributed by atoms with van der Waals surface area (Å²) in [5, 5.41) is 0. The highest BCUT2D eigenvalue weighted by atomic mass is 17.3. The zero-order valence-corrected chi connectivity index (χ0v) is 16.0. The van der Waals surface area contributed by atoms with Crippen molar-refractivity contribution in [3.05, 3.63) is 35.9 Å². The van der Waals surface area contributed by atoms with Gasteiger partial charge in [-0.25, -0.2) is 14.6 Å². The van der Waals surface area contributed by atoms with Gasteiger partial charge in [0.25, 0.3) is 0 Å². The summed E-state index contributed by atoms with van der Waals surface area (Å²) in [5.41, 5.74) is -0.0694. The van der Waals surface area contributed by atoms with Crippen LogP contribution in [0.1, 0.15) is 55.8 Å². The van der Waals surface area contributed by atoms with E-state index in [-0.39, 0.29) is 11.9 Å². The first kappa shape index (κ1) is 18.9. The number of ether oxygens (including phenoxy) is 3. The Balaban J connectivity index is 1.46. The Labute approximate surface area is 160 Å². The van der Waals surface area contributed by atoms with E-state index in [1.807, 2.05) is 25.1 Å². The molecule has 0 amide bonds. The lowest BCUT2D eigenvalue weighted by Gasteiger charge is -2.53. The fraction of sp³-hybridized carbons (Fsp3) is 0.667. The second kappa shape index (κ2) is 7.51. The molecule has 4 fully saturated rings. The molecule has 0 N–H and O–H groups in total. The monoisotopic (exact) mass is 376 g/mol. The number of hydrogen-bond acceptors (Lipinski definition) is 6. The quantitative estimate of drug-likeness (QED) is 0.575. The maximum Gasteiger partial charge on any atom is 0.338 e. The molecule has 27 heavy (non-hydrogen) atoms. The summed E-state index contributed by atoms with van der Waals surface area (Å²) in [4.78, 5) is 24.0. The molecule has 5 rings (SSSR count). The van der Waals surface area contributed by atoms with E-state index in [1.54, 1.807) is 19.2 Å². The number of carbonyl (C=O) groups is 1. The van der Waals surface area contributed by atoms with Gasteiger partial charge in [-0.3, -0.25) is 0 Å². The van der Waals surface area contributed by atoms with Gasteiger partial charge in [0.2, 0.25) is 5.79 Å². The number of carbonyl (C=O) groups excluding carboxylic acids is 1. The molecule has 1 aliphatic carbocycles. The molecule has 148 valence electrons. The first-order chi connectivity index (χ1) is 13.1. The van der Waals surface area contributed by atoms with Crippen LogP contribution in [0.4, 0.5) is 0 Å². The molecule has 5 atom stereocenters. The Morgan fingerprint density at radius 1 is 1.19 bits per heavy atom. The van der Waals surface area contributed by atoms with Gasteiger partial charge in [-0.05, 0) is 56.6 Å². The minimum atomic E-state index is -0.756. The van der Waals surface area contributed by atoms with Crippen molar-refractivity contribution in [3.63, 3.8) is 0 Å². The van der Waals surface area contributed by atoms with Crippen LogP contribution in [0, 0.1) is 11.8 Å². The van der Waals surface area contributed by atoms with Crippen LogP contribution in [0.2, 0.25) is 0 Å². The molecule has 3 heterocycles. The van der Waals surface area contributed by atoms with Crippen molar-refractivity contribution in [2.75, 3.05) is 13.7 Å². The Kier molecular flexibility index (Phi) is 5.25. The topological polar surface area (TPSA) is 63.2 Å². The van der Waals surface area contributed by atoms with Crippen molar-refractivity contribution in [1.29, 1.82) is 0 Å². The Morgan fingerprint density at radius 2 is 2.00 bits per heavy atom. The van der Waals surface area contributed by atoms with Crippen LogP contribution in [-0.4, -0.2) is 37.4 Å². The predicted octanol–water partition coefficient (Wildman–Crippen LogP) is 3.85. The molecule has 0 aromatic heterocycles. The Bertz CT molecular complexity index is 664. The molecule has 6 nitrogen and oxygen atoms in total. The van der Waals surface area contributed by atoms with Crippen LogP contribution in [0.3, 0.4) is 0 Å². The average molecular weight is 376 g/mol. The number of esters is 1. The van der Waals surface area contributed by atoms with Crippen molar-refractivity contribution in [2.45, 2.75) is 63.1 Å². The molecular weight excluding hydrogens is 348 g/mol. The number of methoxy groups -OCH3 is 1. The second-order valence-corrected chi connectivity index (χ2v) is 7.99. The predicted molar refractivity (Wildman–Crippen MR) is 96.6 cm³/mol. The summed E-state index contributed by atoms with van der Waals surface area (Å²) in [6.45, 7) is 2.24. The third kappa shape index (κ3) is 3.40. The highest BCUT2D eigenvalue weighted by Crippen LogP contribution is 2.55. The van der Waals surface area contributed by atoms with Crippen molar-refractivity contribution >= 4 is 5.97 Å². The summed E-state index contributed by atoms with van der Waals surface area (Å²) in [7, 11) is 1.66. The first-order valence-electron chi connectivity index (χ1n) is 9.87. The molecule has 3 aliphatic heterocycles. The maximum atomic E-state index is 12.2. The SMILES string of the molecule is CO[C@H]1O[C@@]2(C)CC[C@H]3CCC[C@@H](CCOC(=O)c4ccccc4)[C@]31OO2. The summed E-state index contributed by atoms with van der Waals surface area (Å²) < 4.78 is 17.4. The van der Waals surface area contributed by atoms with E-state index in [1.165, 1.54) is 0 Å². The van der Waals surface area contributed by atoms with E-state index >= 15 is 0 Å². The van der Waals surface area contributed by atoms with Crippen molar-refractivity contribution in [1.82, 2.24) is 0 Å². The van der Waals surface area contributed by atoms with Crippen LogP contribution in [0.5, 0.6) is 0 Å². The van der Waals surface area contributed by atoms with Crippen LogP contribution >= 0.6 is 0 Å². The third-order valence-corrected chi connectivity index (χ3v) is 6.34. The van der Waals surface area contributed by atoms with E-state index in [2.05, 4.69) is 0 Å². The highest BCUT2D eigenvalue weighted by Gasteiger charge is 2.63. The van der Waals surface area contributed by atoms with Gasteiger partial charge in [0, 0.05) is 13.5 Å². The van der Waals surface area contributed by atoms with E-state index in [4.69, 9.17) is 24.0 Å². The second-order valence-electron chi connectivity index (χ2n) is 7.99. The molecule has 0 radical (unpaired) electrons. The van der Waals surface area contributed by atoms with Crippen LogP contribution in [0.15, 0.2) is 30.3 Å². The minimum Gasteiger partial charge on any atom is -0.462 e. The number of benzene rings is 1. The summed E-state index contributed by atoms with van der Waals surface area (Å²) >= 11 is 0. The first-order valence-corrected chi connectivity index (χ1v) is 9.87. The molecule has 1 aromatic carbocycles. The fourth-order valence-corrected chi connectivity index (χ4v) is 4.91. The maximum absolute atomic E-state index is 12.2. The van der Waals surface area contributed by atoms with Crippen LogP contribution in [-0.2, 0) is 24.0 Å². The third-order valence-electron chi connectivity index (χ3n) is 6.34. The molecule has 0 unspecified atom stereocenters. The molecule has 3 saturated heterocycles. The van der Waals surface area contributed by atoms with Crippen molar-refractivity contribution in [3.8, 4) is 0 Å². The Hall–Kier alpha value is -1.47. The van der Waals surface area contributed by atoms with E-state index in [9.17, 15) is 4.79 Å². The van der Waals surface area contributed by atoms with Gasteiger partial charge >= 0.3 is 5.97 Å². The average Bonchev–Trinajstić information content (AvgIpc) is 2.93. The largest absolute Gasteiger partial charge is 0.462 e. The smallest absolute Gasteiger partial charge is 0.338 e. The molecular formula is C21H28O6. The summed E-state index contributed by atoms with van der Waals surface area (Å²) in [5.74, 6) is -0.592. The number of rotatable bonds is 5. The van der Waals surface area contributed by atoms with E-state index in [0.29, 0.717) is 24.5 Å². The van der Waals surface area contributed by atoms with Gasteiger partial charge in [0.05, 0.1) is 12.2 Å². The van der Waals surface area contributed by atoms with Gasteiger partial charge in [-0.15, -0.1) is 0 Å². The number of fused-ring (bicyclic) bond motifs is 3. The molecule has 1 aromatic rings. The zero-order valence-electron chi connectivity index (χ0n) is 16.0. The van der Waals surface area contributed by atoms with Crippen molar-refractivity contribution in [2.24, 2.45) is 11.8 Å². The molecule has 4 aliphatic rings. The van der Waals surface area contributed by atoms with Crippen molar-refractivity contribution < 1.29 is 28.8 Å². The Morgan fingerprint density at radius 3 is 2.78 bits per heavy atom. The lowest BCUT2D eigenvalue weighted by atomic mass is 9.65. The summed E-state index contributed by atoms with van der Waals surface area (Å²) in [6, 6.07) is 9.06. The highest BCUT2D eigenvalue weighted by molar-refractivity contribution is 5.89. The molecule has 6 heteroatoms. The standard InChI is InChI=1S/C21H28O6/c1-20-13-11-16-9-6-10-17(21(16,27-26-20)19(23-2)25-20)12-14-24-18(22)15-7-4-3-5-8-15/h3-5,7-8,16-17,19H,6,9-14H2,1-2H3/t16-,17+,19+,20-,21-/m1/s1. The van der Waals surface area contributed by atoms with Gasteiger partial charge in [-0.2, -0.15) is 0 Å². The fourth-order valence-electron chi connectivity index (χ4n) is 4.91. The molecule has 2 bridgehead atoms. The zero-order chi connectivity index (χ0) is 18.9.